The predicted octanol–water partition coefficient (Wildman–Crippen LogP) is 6.70. The predicted molar refractivity (Wildman–Crippen MR) is 246 cm³/mol. The fourth-order valence-corrected chi connectivity index (χ4v) is 14.2. The Balaban J connectivity index is 0.741. The van der Waals surface area contributed by atoms with Crippen molar-refractivity contribution in [3.8, 4) is 0 Å². The number of amides is 4. The molecule has 0 radical (unpaired) electrons. The molecule has 0 aromatic rings. The van der Waals surface area contributed by atoms with Crippen LogP contribution in [0.3, 0.4) is 0 Å². The Hall–Kier alpha value is -2.39. The molecule has 14 heteroatoms. The van der Waals surface area contributed by atoms with E-state index in [9.17, 15) is 24.3 Å². The molecule has 5 N–H and O–H groups in total. The van der Waals surface area contributed by atoms with Gasteiger partial charge in [-0.1, -0.05) is 52.7 Å². The number of ether oxygens (including phenoxy) is 4. The van der Waals surface area contributed by atoms with Crippen LogP contribution in [-0.4, -0.2) is 117 Å². The van der Waals surface area contributed by atoms with Crippen LogP contribution in [0.15, 0.2) is 11.6 Å². The maximum atomic E-state index is 12.8. The zero-order valence-corrected chi connectivity index (χ0v) is 40.0. The number of esters is 1. The second-order valence-electron chi connectivity index (χ2n) is 20.6. The van der Waals surface area contributed by atoms with Crippen molar-refractivity contribution in [3.63, 3.8) is 0 Å². The molecule has 6 rings (SSSR count). The number of carbonyl (C=O) groups excluding carboxylic acids is 4. The van der Waals surface area contributed by atoms with E-state index in [1.807, 2.05) is 11.8 Å². The lowest BCUT2D eigenvalue weighted by Gasteiger charge is -2.58. The van der Waals surface area contributed by atoms with E-state index in [1.54, 1.807) is 0 Å². The van der Waals surface area contributed by atoms with Gasteiger partial charge >= 0.3 is 12.0 Å². The van der Waals surface area contributed by atoms with E-state index in [4.69, 9.17) is 18.9 Å². The Labute approximate surface area is 382 Å². The van der Waals surface area contributed by atoms with Crippen LogP contribution in [0.1, 0.15) is 137 Å². The fraction of sp³-hybridized carbons (Fsp3) is 0.878. The maximum absolute atomic E-state index is 12.8. The highest BCUT2D eigenvalue weighted by Gasteiger charge is 2.59. The summed E-state index contributed by atoms with van der Waals surface area (Å²) in [6.45, 7) is 15.0. The van der Waals surface area contributed by atoms with Gasteiger partial charge in [0, 0.05) is 43.4 Å². The van der Waals surface area contributed by atoms with Crippen LogP contribution in [0.2, 0.25) is 0 Å². The molecule has 13 nitrogen and oxygen atoms in total. The topological polar surface area (TPSA) is 174 Å². The first-order valence-electron chi connectivity index (χ1n) is 24.8. The highest BCUT2D eigenvalue weighted by Crippen LogP contribution is 2.67. The summed E-state index contributed by atoms with van der Waals surface area (Å²) < 4.78 is 22.6. The molecule has 0 spiro atoms. The Morgan fingerprint density at radius 1 is 0.841 bits per heavy atom. The first-order valence-corrected chi connectivity index (χ1v) is 25.9. The second kappa shape index (κ2) is 23.9. The number of carbonyl (C=O) groups is 4. The lowest BCUT2D eigenvalue weighted by Crippen LogP contribution is -2.51. The number of hydrogen-bond donors (Lipinski definition) is 5. The minimum Gasteiger partial charge on any atom is -0.462 e. The number of unbranched alkanes of at least 4 members (excludes halogenated alkanes) is 1. The van der Waals surface area contributed by atoms with Gasteiger partial charge in [0.1, 0.15) is 6.10 Å². The maximum Gasteiger partial charge on any atom is 0.315 e. The minimum atomic E-state index is -0.296. The lowest BCUT2D eigenvalue weighted by molar-refractivity contribution is -0.152. The van der Waals surface area contributed by atoms with E-state index in [0.29, 0.717) is 87.6 Å². The van der Waals surface area contributed by atoms with Crippen molar-refractivity contribution in [2.75, 3.05) is 58.5 Å². The largest absolute Gasteiger partial charge is 0.462 e. The molecule has 6 aliphatic rings. The van der Waals surface area contributed by atoms with Crippen LogP contribution in [-0.2, 0) is 33.3 Å². The molecule has 2 saturated heterocycles. The van der Waals surface area contributed by atoms with E-state index in [-0.39, 0.29) is 66.4 Å². The average Bonchev–Trinajstić information content (AvgIpc) is 3.93. The van der Waals surface area contributed by atoms with Crippen molar-refractivity contribution in [2.24, 2.45) is 46.3 Å². The number of aliphatic hydroxyl groups is 1. The Kier molecular flexibility index (Phi) is 19.0. The summed E-state index contributed by atoms with van der Waals surface area (Å²) in [7, 11) is 0. The van der Waals surface area contributed by atoms with Gasteiger partial charge in [0.25, 0.3) is 0 Å². The van der Waals surface area contributed by atoms with Crippen molar-refractivity contribution in [2.45, 2.75) is 167 Å². The third-order valence-electron chi connectivity index (χ3n) is 16.3. The molecule has 3 saturated carbocycles. The SMILES string of the molecule is CC(CC[C@H](O)C(C)C)C1CCC2C3CC=C4C[C@@H](OC(=O)CCC(=O)NCCOCCOCCOCCNC(=O)CCCC[C@@H]5SC[C@@H]6NC(=O)N[C@@H]65)CC[C@]4(C)C3CC[C@]12C. The minimum absolute atomic E-state index is 0.0295. The summed E-state index contributed by atoms with van der Waals surface area (Å²) in [5.41, 5.74) is 2.07. The zero-order valence-electron chi connectivity index (χ0n) is 39.2. The Morgan fingerprint density at radius 2 is 1.54 bits per heavy atom. The molecule has 5 fully saturated rings. The van der Waals surface area contributed by atoms with Crippen molar-refractivity contribution in [1.29, 1.82) is 0 Å². The summed E-state index contributed by atoms with van der Waals surface area (Å²) in [6, 6.07) is 0.380. The molecule has 4 amide bonds. The van der Waals surface area contributed by atoms with Crippen LogP contribution in [0.25, 0.3) is 0 Å². The molecule has 0 aromatic carbocycles. The lowest BCUT2D eigenvalue weighted by atomic mass is 9.47. The number of fused-ring (bicyclic) bond motifs is 6. The van der Waals surface area contributed by atoms with Gasteiger partial charge in [0.2, 0.25) is 11.8 Å². The van der Waals surface area contributed by atoms with E-state index >= 15 is 0 Å². The number of nitrogens with one attached hydrogen (secondary N) is 4. The van der Waals surface area contributed by atoms with Gasteiger partial charge in [0.15, 0.2) is 0 Å². The molecular formula is C49H82N4O9S. The molecular weight excluding hydrogens is 821 g/mol. The van der Waals surface area contributed by atoms with Gasteiger partial charge in [-0.15, -0.1) is 0 Å². The molecule has 0 aromatic heterocycles. The number of thioether (sulfide) groups is 1. The van der Waals surface area contributed by atoms with Crippen LogP contribution < -0.4 is 21.3 Å². The third-order valence-corrected chi connectivity index (χ3v) is 17.8. The molecule has 5 unspecified atom stereocenters. The van der Waals surface area contributed by atoms with E-state index in [0.717, 1.165) is 81.3 Å². The summed E-state index contributed by atoms with van der Waals surface area (Å²) in [5.74, 6) is 4.42. The summed E-state index contributed by atoms with van der Waals surface area (Å²) in [6.07, 6.45) is 16.9. The van der Waals surface area contributed by atoms with Gasteiger partial charge in [-0.25, -0.2) is 4.79 Å². The number of rotatable bonds is 26. The Bertz CT molecular complexity index is 1550. The number of aliphatic hydroxyl groups excluding tert-OH is 1. The van der Waals surface area contributed by atoms with Crippen LogP contribution in [0, 0.1) is 46.3 Å². The second-order valence-corrected chi connectivity index (χ2v) is 21.9. The molecule has 2 heterocycles. The fourth-order valence-electron chi connectivity index (χ4n) is 12.6. The van der Waals surface area contributed by atoms with Gasteiger partial charge in [-0.2, -0.15) is 11.8 Å². The number of hydrogen-bond acceptors (Lipinski definition) is 10. The van der Waals surface area contributed by atoms with Crippen molar-refractivity contribution >= 4 is 35.6 Å². The van der Waals surface area contributed by atoms with Gasteiger partial charge in [-0.3, -0.25) is 14.4 Å². The summed E-state index contributed by atoms with van der Waals surface area (Å²) >= 11 is 1.90. The van der Waals surface area contributed by atoms with Crippen LogP contribution >= 0.6 is 11.8 Å². The zero-order chi connectivity index (χ0) is 45.0. The normalized spacial score (nSPS) is 32.9. The van der Waals surface area contributed by atoms with Gasteiger partial charge in [0.05, 0.1) is 64.2 Å². The standard InChI is InChI=1S/C49H82N4O9S/c1-32(2)41(54)15-10-33(3)37-13-14-38-36-12-11-34-30-35(18-20-48(34,4)39(36)19-21-49(37,38)5)62-45(57)17-16-44(56)51-23-25-60-27-29-61-28-26-59-24-22-50-43(55)9-7-6-8-42-46-40(31-63-42)52-47(58)53-46/h11,32-33,35-42,46,54H,6-10,12-31H2,1-5H3,(H,50,55)(H,51,56)(H2,52,53,58)/t33?,35-,36?,37?,38?,39?,40-,41-,42-,46-,48-,49+/m0/s1. The number of allylic oxidation sites excluding steroid dienone is 1. The molecule has 358 valence electrons. The molecule has 2 aliphatic heterocycles. The monoisotopic (exact) mass is 903 g/mol. The van der Waals surface area contributed by atoms with Gasteiger partial charge in [-0.05, 0) is 117 Å². The molecule has 4 aliphatic carbocycles. The third kappa shape index (κ3) is 13.4. The van der Waals surface area contributed by atoms with Crippen molar-refractivity contribution in [3.05, 3.63) is 11.6 Å². The quantitative estimate of drug-likeness (QED) is 0.0272. The van der Waals surface area contributed by atoms with Crippen LogP contribution in [0.4, 0.5) is 4.79 Å². The summed E-state index contributed by atoms with van der Waals surface area (Å²) in [5, 5.41) is 22.6. The smallest absolute Gasteiger partial charge is 0.315 e. The first-order chi connectivity index (χ1) is 30.3. The van der Waals surface area contributed by atoms with Crippen molar-refractivity contribution < 1.29 is 43.2 Å². The first kappa shape index (κ1) is 50.0. The molecule has 12 atom stereocenters. The summed E-state index contributed by atoms with van der Waals surface area (Å²) in [4.78, 5) is 48.9. The highest BCUT2D eigenvalue weighted by atomic mass is 32.2. The highest BCUT2D eigenvalue weighted by molar-refractivity contribution is 8.00. The average molecular weight is 903 g/mol. The van der Waals surface area contributed by atoms with E-state index < -0.39 is 0 Å². The van der Waals surface area contributed by atoms with E-state index in [2.05, 4.69) is 62.0 Å². The van der Waals surface area contributed by atoms with E-state index in [1.165, 1.54) is 31.3 Å². The van der Waals surface area contributed by atoms with Gasteiger partial charge < -0.3 is 45.3 Å². The number of urea groups is 1. The van der Waals surface area contributed by atoms with Crippen molar-refractivity contribution in [1.82, 2.24) is 21.3 Å². The molecule has 0 bridgehead atoms. The molecule has 63 heavy (non-hydrogen) atoms. The van der Waals surface area contributed by atoms with Crippen LogP contribution in [0.5, 0.6) is 0 Å². The Morgan fingerprint density at radius 3 is 2.25 bits per heavy atom.